The number of carbonyl (C=O) groups is 2. The quantitative estimate of drug-likeness (QED) is 0.909. The summed E-state index contributed by atoms with van der Waals surface area (Å²) in [5, 5.41) is 4.86. The molecular formula is C19H22N2O3S. The summed E-state index contributed by atoms with van der Waals surface area (Å²) in [6.07, 6.45) is 1.62. The first kappa shape index (κ1) is 17.5. The zero-order valence-corrected chi connectivity index (χ0v) is 15.3. The highest BCUT2D eigenvalue weighted by Gasteiger charge is 2.29. The van der Waals surface area contributed by atoms with Crippen LogP contribution in [-0.2, 0) is 4.79 Å². The molecule has 132 valence electrons. The Bertz CT molecular complexity index is 758. The van der Waals surface area contributed by atoms with E-state index in [2.05, 4.69) is 5.32 Å². The molecule has 2 aromatic rings. The summed E-state index contributed by atoms with van der Waals surface area (Å²) >= 11 is 1.44. The standard InChI is InChI=1S/C19H22N2O3S/c1-13-7-8-16(24-2)15(11-13)20-18(22)14-5-3-9-21(12-14)19(23)17-6-4-10-25-17/h4,6-8,10-11,14H,3,5,9,12H2,1-2H3,(H,20,22). The molecule has 1 saturated heterocycles. The van der Waals surface area contributed by atoms with Crippen molar-refractivity contribution in [1.82, 2.24) is 4.90 Å². The highest BCUT2D eigenvalue weighted by atomic mass is 32.1. The second-order valence-corrected chi connectivity index (χ2v) is 7.21. The Balaban J connectivity index is 1.68. The van der Waals surface area contributed by atoms with Gasteiger partial charge in [-0.05, 0) is 48.9 Å². The number of benzene rings is 1. The normalized spacial score (nSPS) is 17.2. The third kappa shape index (κ3) is 4.02. The number of ether oxygens (including phenoxy) is 1. The van der Waals surface area contributed by atoms with E-state index in [1.807, 2.05) is 42.6 Å². The molecule has 2 amide bonds. The molecule has 0 radical (unpaired) electrons. The number of hydrogen-bond donors (Lipinski definition) is 1. The third-order valence-corrected chi connectivity index (χ3v) is 5.28. The largest absolute Gasteiger partial charge is 0.495 e. The third-order valence-electron chi connectivity index (χ3n) is 4.42. The van der Waals surface area contributed by atoms with Crippen molar-refractivity contribution >= 4 is 28.8 Å². The number of aryl methyl sites for hydroxylation is 1. The molecule has 1 unspecified atom stereocenters. The van der Waals surface area contributed by atoms with Crippen LogP contribution < -0.4 is 10.1 Å². The molecule has 1 N–H and O–H groups in total. The van der Waals surface area contributed by atoms with E-state index in [1.165, 1.54) is 11.3 Å². The van der Waals surface area contributed by atoms with Crippen molar-refractivity contribution in [2.24, 2.45) is 5.92 Å². The molecule has 1 atom stereocenters. The fourth-order valence-corrected chi connectivity index (χ4v) is 3.78. The zero-order chi connectivity index (χ0) is 17.8. The lowest BCUT2D eigenvalue weighted by atomic mass is 9.96. The monoisotopic (exact) mass is 358 g/mol. The molecule has 1 aromatic heterocycles. The first-order chi connectivity index (χ1) is 12.1. The van der Waals surface area contributed by atoms with E-state index in [0.717, 1.165) is 23.3 Å². The predicted octanol–water partition coefficient (Wildman–Crippen LogP) is 3.56. The van der Waals surface area contributed by atoms with Gasteiger partial charge in [0.15, 0.2) is 0 Å². The number of nitrogens with zero attached hydrogens (tertiary/aromatic N) is 1. The van der Waals surface area contributed by atoms with Crippen LogP contribution >= 0.6 is 11.3 Å². The van der Waals surface area contributed by atoms with Crippen LogP contribution in [0.15, 0.2) is 35.7 Å². The van der Waals surface area contributed by atoms with Gasteiger partial charge in [-0.3, -0.25) is 9.59 Å². The van der Waals surface area contributed by atoms with E-state index in [4.69, 9.17) is 4.74 Å². The van der Waals surface area contributed by atoms with E-state index in [-0.39, 0.29) is 17.7 Å². The van der Waals surface area contributed by atoms with Crippen molar-refractivity contribution in [3.05, 3.63) is 46.2 Å². The van der Waals surface area contributed by atoms with E-state index in [9.17, 15) is 9.59 Å². The van der Waals surface area contributed by atoms with Gasteiger partial charge in [-0.1, -0.05) is 12.1 Å². The highest BCUT2D eigenvalue weighted by molar-refractivity contribution is 7.12. The molecule has 3 rings (SSSR count). The number of thiophene rings is 1. The maximum Gasteiger partial charge on any atom is 0.263 e. The van der Waals surface area contributed by atoms with Crippen molar-refractivity contribution < 1.29 is 14.3 Å². The summed E-state index contributed by atoms with van der Waals surface area (Å²) in [6, 6.07) is 9.38. The van der Waals surface area contributed by atoms with Crippen LogP contribution in [0.25, 0.3) is 0 Å². The molecule has 1 aromatic carbocycles. The minimum Gasteiger partial charge on any atom is -0.495 e. The van der Waals surface area contributed by atoms with Crippen molar-refractivity contribution in [2.45, 2.75) is 19.8 Å². The number of piperidine rings is 1. The molecule has 0 spiro atoms. The van der Waals surface area contributed by atoms with Gasteiger partial charge in [0.25, 0.3) is 5.91 Å². The van der Waals surface area contributed by atoms with Gasteiger partial charge in [0, 0.05) is 13.1 Å². The number of nitrogens with one attached hydrogen (secondary N) is 1. The number of anilines is 1. The fourth-order valence-electron chi connectivity index (χ4n) is 3.09. The van der Waals surface area contributed by atoms with Gasteiger partial charge in [-0.25, -0.2) is 0 Å². The molecular weight excluding hydrogens is 336 g/mol. The van der Waals surface area contributed by atoms with Crippen molar-refractivity contribution in [1.29, 1.82) is 0 Å². The van der Waals surface area contributed by atoms with Gasteiger partial charge in [0.05, 0.1) is 23.6 Å². The van der Waals surface area contributed by atoms with Crippen molar-refractivity contribution in [2.75, 3.05) is 25.5 Å². The number of carbonyl (C=O) groups excluding carboxylic acids is 2. The van der Waals surface area contributed by atoms with Crippen LogP contribution in [0.5, 0.6) is 5.75 Å². The second-order valence-electron chi connectivity index (χ2n) is 6.26. The summed E-state index contributed by atoms with van der Waals surface area (Å²) in [7, 11) is 1.59. The number of methoxy groups -OCH3 is 1. The Morgan fingerprint density at radius 2 is 2.16 bits per heavy atom. The molecule has 5 nitrogen and oxygen atoms in total. The van der Waals surface area contributed by atoms with Crippen molar-refractivity contribution in [3.8, 4) is 5.75 Å². The van der Waals surface area contributed by atoms with E-state index in [0.29, 0.717) is 24.5 Å². The number of amides is 2. The summed E-state index contributed by atoms with van der Waals surface area (Å²) in [4.78, 5) is 27.7. The molecule has 2 heterocycles. The minimum absolute atomic E-state index is 0.0145. The first-order valence-corrected chi connectivity index (χ1v) is 9.24. The van der Waals surface area contributed by atoms with Crippen LogP contribution in [-0.4, -0.2) is 36.9 Å². The highest BCUT2D eigenvalue weighted by Crippen LogP contribution is 2.27. The summed E-state index contributed by atoms with van der Waals surface area (Å²) in [5.74, 6) is 0.386. The first-order valence-electron chi connectivity index (χ1n) is 8.37. The average Bonchev–Trinajstić information content (AvgIpc) is 3.16. The lowest BCUT2D eigenvalue weighted by Crippen LogP contribution is -2.43. The maximum atomic E-state index is 12.7. The Morgan fingerprint density at radius 3 is 2.88 bits per heavy atom. The Labute approximate surface area is 151 Å². The molecule has 1 aliphatic rings. The minimum atomic E-state index is -0.206. The Morgan fingerprint density at radius 1 is 1.32 bits per heavy atom. The van der Waals surface area contributed by atoms with E-state index < -0.39 is 0 Å². The molecule has 25 heavy (non-hydrogen) atoms. The molecule has 1 fully saturated rings. The molecule has 0 aliphatic carbocycles. The average molecular weight is 358 g/mol. The van der Waals surface area contributed by atoms with Crippen LogP contribution in [0.1, 0.15) is 28.1 Å². The number of hydrogen-bond acceptors (Lipinski definition) is 4. The SMILES string of the molecule is COc1ccc(C)cc1NC(=O)C1CCCN(C(=O)c2cccs2)C1. The fraction of sp³-hybridized carbons (Fsp3) is 0.368. The zero-order valence-electron chi connectivity index (χ0n) is 14.5. The number of likely N-dealkylation sites (tertiary alicyclic amines) is 1. The summed E-state index contributed by atoms with van der Waals surface area (Å²) < 4.78 is 5.32. The lowest BCUT2D eigenvalue weighted by Gasteiger charge is -2.31. The smallest absolute Gasteiger partial charge is 0.263 e. The van der Waals surface area contributed by atoms with Crippen LogP contribution in [0.4, 0.5) is 5.69 Å². The topological polar surface area (TPSA) is 58.6 Å². The van der Waals surface area contributed by atoms with Crippen LogP contribution in [0.3, 0.4) is 0 Å². The van der Waals surface area contributed by atoms with Crippen LogP contribution in [0.2, 0.25) is 0 Å². The molecule has 1 aliphatic heterocycles. The maximum absolute atomic E-state index is 12.7. The van der Waals surface area contributed by atoms with E-state index in [1.54, 1.807) is 12.0 Å². The van der Waals surface area contributed by atoms with Gasteiger partial charge in [-0.15, -0.1) is 11.3 Å². The molecule has 6 heteroatoms. The van der Waals surface area contributed by atoms with Gasteiger partial charge in [-0.2, -0.15) is 0 Å². The van der Waals surface area contributed by atoms with Gasteiger partial charge < -0.3 is 15.0 Å². The van der Waals surface area contributed by atoms with Gasteiger partial charge >= 0.3 is 0 Å². The Kier molecular flexibility index (Phi) is 5.38. The molecule has 0 saturated carbocycles. The number of rotatable bonds is 4. The predicted molar refractivity (Wildman–Crippen MR) is 99.3 cm³/mol. The van der Waals surface area contributed by atoms with Gasteiger partial charge in [0.2, 0.25) is 5.91 Å². The van der Waals surface area contributed by atoms with E-state index >= 15 is 0 Å². The summed E-state index contributed by atoms with van der Waals surface area (Å²) in [6.45, 7) is 3.13. The van der Waals surface area contributed by atoms with Crippen LogP contribution in [0, 0.1) is 12.8 Å². The second kappa shape index (κ2) is 7.70. The lowest BCUT2D eigenvalue weighted by molar-refractivity contribution is -0.121. The molecule has 0 bridgehead atoms. The van der Waals surface area contributed by atoms with Gasteiger partial charge in [0.1, 0.15) is 5.75 Å². The Hall–Kier alpha value is -2.34. The summed E-state index contributed by atoms with van der Waals surface area (Å²) in [5.41, 5.74) is 1.73. The van der Waals surface area contributed by atoms with Crippen molar-refractivity contribution in [3.63, 3.8) is 0 Å².